The van der Waals surface area contributed by atoms with E-state index in [-0.39, 0.29) is 30.3 Å². The fourth-order valence-corrected chi connectivity index (χ4v) is 2.62. The van der Waals surface area contributed by atoms with Crippen LogP contribution in [0.3, 0.4) is 0 Å². The smallest absolute Gasteiger partial charge is 0.280 e. The minimum absolute atomic E-state index is 0.0594. The van der Waals surface area contributed by atoms with Crippen molar-refractivity contribution < 1.29 is 14.9 Å². The SMILES string of the molecule is NC[C@H]1[C@@H](O)[C@H](n2cnc3c(=O)[nH]c(N)nc32)O[C@@H]1CO. The van der Waals surface area contributed by atoms with Crippen LogP contribution in [0.25, 0.3) is 11.2 Å². The number of fused-ring (bicyclic) bond motifs is 1. The number of nitrogens with one attached hydrogen (secondary N) is 1. The third-order valence-corrected chi connectivity index (χ3v) is 3.70. The quantitative estimate of drug-likeness (QED) is 0.415. The van der Waals surface area contributed by atoms with E-state index in [0.717, 1.165) is 0 Å². The summed E-state index contributed by atoms with van der Waals surface area (Å²) in [6.07, 6.45) is -1.04. The van der Waals surface area contributed by atoms with Crippen LogP contribution in [0.5, 0.6) is 0 Å². The van der Waals surface area contributed by atoms with Gasteiger partial charge in [-0.3, -0.25) is 14.3 Å². The molecule has 0 bridgehead atoms. The summed E-state index contributed by atoms with van der Waals surface area (Å²) < 4.78 is 7.03. The Morgan fingerprint density at radius 2 is 2.29 bits per heavy atom. The Hall–Kier alpha value is -2.01. The first-order valence-electron chi connectivity index (χ1n) is 6.43. The molecule has 0 saturated carbocycles. The number of hydrogen-bond donors (Lipinski definition) is 5. The van der Waals surface area contributed by atoms with Gasteiger partial charge in [-0.05, 0) is 0 Å². The average Bonchev–Trinajstić information content (AvgIpc) is 2.99. The predicted molar refractivity (Wildman–Crippen MR) is 72.1 cm³/mol. The van der Waals surface area contributed by atoms with E-state index in [1.807, 2.05) is 0 Å². The highest BCUT2D eigenvalue weighted by molar-refractivity contribution is 5.70. The highest BCUT2D eigenvalue weighted by atomic mass is 16.5. The number of ether oxygens (including phenoxy) is 1. The van der Waals surface area contributed by atoms with Gasteiger partial charge < -0.3 is 26.4 Å². The Bertz CT molecular complexity index is 712. The number of rotatable bonds is 3. The van der Waals surface area contributed by atoms with Crippen molar-refractivity contribution in [3.05, 3.63) is 16.7 Å². The van der Waals surface area contributed by atoms with Gasteiger partial charge in [-0.2, -0.15) is 4.98 Å². The van der Waals surface area contributed by atoms with Crippen molar-refractivity contribution in [2.75, 3.05) is 18.9 Å². The van der Waals surface area contributed by atoms with Crippen LogP contribution in [-0.4, -0.2) is 55.1 Å². The third-order valence-electron chi connectivity index (χ3n) is 3.70. The van der Waals surface area contributed by atoms with E-state index in [9.17, 15) is 15.0 Å². The minimum atomic E-state index is -0.952. The van der Waals surface area contributed by atoms with E-state index < -0.39 is 29.9 Å². The summed E-state index contributed by atoms with van der Waals surface area (Å²) in [6, 6.07) is 0. The van der Waals surface area contributed by atoms with Gasteiger partial charge in [-0.25, -0.2) is 4.98 Å². The molecule has 1 aliphatic rings. The molecule has 0 aromatic carbocycles. The van der Waals surface area contributed by atoms with Crippen molar-refractivity contribution in [3.63, 3.8) is 0 Å². The number of aromatic nitrogens is 4. The number of anilines is 1. The number of aromatic amines is 1. The number of imidazole rings is 1. The summed E-state index contributed by atoms with van der Waals surface area (Å²) in [5.41, 5.74) is 10.9. The molecule has 2 aromatic heterocycles. The second-order valence-corrected chi connectivity index (χ2v) is 4.91. The van der Waals surface area contributed by atoms with Gasteiger partial charge in [0.2, 0.25) is 5.95 Å². The molecule has 0 amide bonds. The summed E-state index contributed by atoms with van der Waals surface area (Å²) in [6.45, 7) is -0.107. The highest BCUT2D eigenvalue weighted by Crippen LogP contribution is 2.34. The molecule has 10 heteroatoms. The molecule has 21 heavy (non-hydrogen) atoms. The van der Waals surface area contributed by atoms with E-state index in [0.29, 0.717) is 0 Å². The Morgan fingerprint density at radius 3 is 2.90 bits per heavy atom. The van der Waals surface area contributed by atoms with E-state index in [4.69, 9.17) is 16.2 Å². The van der Waals surface area contributed by atoms with Gasteiger partial charge in [0, 0.05) is 12.5 Å². The Kier molecular flexibility index (Phi) is 3.37. The first-order valence-corrected chi connectivity index (χ1v) is 6.43. The van der Waals surface area contributed by atoms with Gasteiger partial charge in [0.05, 0.1) is 19.0 Å². The molecule has 0 aliphatic carbocycles. The minimum Gasteiger partial charge on any atom is -0.394 e. The summed E-state index contributed by atoms with van der Waals surface area (Å²) in [4.78, 5) is 22.0. The summed E-state index contributed by atoms with van der Waals surface area (Å²) >= 11 is 0. The van der Waals surface area contributed by atoms with E-state index in [1.54, 1.807) is 0 Å². The number of nitrogens with zero attached hydrogens (tertiary/aromatic N) is 3. The predicted octanol–water partition coefficient (Wildman–Crippen LogP) is -2.47. The molecule has 3 rings (SSSR count). The molecule has 7 N–H and O–H groups in total. The van der Waals surface area contributed by atoms with Crippen LogP contribution in [0.15, 0.2) is 11.1 Å². The lowest BCUT2D eigenvalue weighted by Gasteiger charge is -2.17. The molecular formula is C11H16N6O4. The van der Waals surface area contributed by atoms with Crippen LogP contribution >= 0.6 is 0 Å². The fourth-order valence-electron chi connectivity index (χ4n) is 2.62. The van der Waals surface area contributed by atoms with Gasteiger partial charge in [0.25, 0.3) is 5.56 Å². The second-order valence-electron chi connectivity index (χ2n) is 4.91. The standard InChI is InChI=1S/C11H16N6O4/c12-1-4-5(2-18)21-10(7(4)19)17-3-14-6-8(17)15-11(13)16-9(6)20/h3-5,7,10,18-19H,1-2,12H2,(H3,13,15,16,20)/t4-,5-,7-,10-/m1/s1. The van der Waals surface area contributed by atoms with E-state index in [1.165, 1.54) is 10.9 Å². The molecule has 3 heterocycles. The van der Waals surface area contributed by atoms with Gasteiger partial charge in [0.15, 0.2) is 17.4 Å². The lowest BCUT2D eigenvalue weighted by atomic mass is 9.99. The van der Waals surface area contributed by atoms with Crippen molar-refractivity contribution in [1.82, 2.24) is 19.5 Å². The van der Waals surface area contributed by atoms with Crippen molar-refractivity contribution in [3.8, 4) is 0 Å². The van der Waals surface area contributed by atoms with Crippen LogP contribution in [0.4, 0.5) is 5.95 Å². The zero-order chi connectivity index (χ0) is 15.1. The Labute approximate surface area is 118 Å². The molecule has 10 nitrogen and oxygen atoms in total. The van der Waals surface area contributed by atoms with E-state index >= 15 is 0 Å². The van der Waals surface area contributed by atoms with Crippen molar-refractivity contribution >= 4 is 17.1 Å². The Morgan fingerprint density at radius 1 is 1.52 bits per heavy atom. The molecule has 1 aliphatic heterocycles. The highest BCUT2D eigenvalue weighted by Gasteiger charge is 2.44. The number of nitrogens with two attached hydrogens (primary N) is 2. The van der Waals surface area contributed by atoms with Crippen LogP contribution in [0.1, 0.15) is 6.23 Å². The first kappa shape index (κ1) is 13.9. The van der Waals surface area contributed by atoms with Crippen LogP contribution < -0.4 is 17.0 Å². The van der Waals surface area contributed by atoms with Gasteiger partial charge in [0.1, 0.15) is 6.10 Å². The largest absolute Gasteiger partial charge is 0.394 e. The van der Waals surface area contributed by atoms with Crippen molar-refractivity contribution in [1.29, 1.82) is 0 Å². The van der Waals surface area contributed by atoms with Gasteiger partial charge in [-0.1, -0.05) is 0 Å². The normalized spacial score (nSPS) is 29.3. The molecule has 0 spiro atoms. The molecular weight excluding hydrogens is 280 g/mol. The molecule has 114 valence electrons. The van der Waals surface area contributed by atoms with Crippen LogP contribution in [0.2, 0.25) is 0 Å². The first-order chi connectivity index (χ1) is 10.1. The average molecular weight is 296 g/mol. The zero-order valence-corrected chi connectivity index (χ0v) is 11.0. The number of H-pyrrole nitrogens is 1. The maximum atomic E-state index is 11.7. The topological polar surface area (TPSA) is 165 Å². The molecule has 4 atom stereocenters. The Balaban J connectivity index is 2.07. The van der Waals surface area contributed by atoms with Crippen molar-refractivity contribution in [2.45, 2.75) is 18.4 Å². The monoisotopic (exact) mass is 296 g/mol. The molecule has 1 fully saturated rings. The van der Waals surface area contributed by atoms with Crippen LogP contribution in [0, 0.1) is 5.92 Å². The maximum absolute atomic E-state index is 11.7. The summed E-state index contributed by atoms with van der Waals surface area (Å²) in [7, 11) is 0. The molecule has 2 aromatic rings. The number of aliphatic hydroxyl groups is 2. The number of nitrogen functional groups attached to an aromatic ring is 1. The van der Waals surface area contributed by atoms with E-state index in [2.05, 4.69) is 15.0 Å². The second kappa shape index (κ2) is 5.07. The molecule has 0 radical (unpaired) electrons. The lowest BCUT2D eigenvalue weighted by molar-refractivity contribution is -0.0492. The van der Waals surface area contributed by atoms with Gasteiger partial charge in [-0.15, -0.1) is 0 Å². The van der Waals surface area contributed by atoms with Crippen molar-refractivity contribution in [2.24, 2.45) is 11.7 Å². The summed E-state index contributed by atoms with van der Waals surface area (Å²) in [5.74, 6) is -0.479. The third kappa shape index (κ3) is 2.08. The van der Waals surface area contributed by atoms with Crippen LogP contribution in [-0.2, 0) is 4.74 Å². The molecule has 0 unspecified atom stereocenters. The number of hydrogen-bond acceptors (Lipinski definition) is 8. The number of aliphatic hydroxyl groups excluding tert-OH is 2. The molecule has 1 saturated heterocycles. The van der Waals surface area contributed by atoms with Gasteiger partial charge >= 0.3 is 0 Å². The summed E-state index contributed by atoms with van der Waals surface area (Å²) in [5, 5.41) is 19.6. The fraction of sp³-hybridized carbons (Fsp3) is 0.545. The zero-order valence-electron chi connectivity index (χ0n) is 11.0. The maximum Gasteiger partial charge on any atom is 0.280 e. The lowest BCUT2D eigenvalue weighted by Crippen LogP contribution is -2.34.